The Kier molecular flexibility index (Phi) is 6.15. The lowest BCUT2D eigenvalue weighted by Gasteiger charge is -2.60. The van der Waals surface area contributed by atoms with Crippen molar-refractivity contribution in [1.82, 2.24) is 0 Å². The second-order valence-corrected chi connectivity index (χ2v) is 8.03. The molecule has 2 aromatic carbocycles. The zero-order valence-electron chi connectivity index (χ0n) is 17.4. The molecule has 1 heterocycles. The summed E-state index contributed by atoms with van der Waals surface area (Å²) in [5.41, 5.74) is -0.827. The zero-order chi connectivity index (χ0) is 22.7. The van der Waals surface area contributed by atoms with E-state index < -0.39 is 32.9 Å². The summed E-state index contributed by atoms with van der Waals surface area (Å²) in [6.07, 6.45) is -3.22. The molecule has 0 aromatic heterocycles. The third-order valence-electron chi connectivity index (χ3n) is 6.65. The van der Waals surface area contributed by atoms with Gasteiger partial charge in [-0.05, 0) is 0 Å². The molecule has 8 nitrogen and oxygen atoms in total. The monoisotopic (exact) mass is 426 g/mol. The number of benzene rings is 2. The van der Waals surface area contributed by atoms with Gasteiger partial charge in [0.2, 0.25) is 5.54 Å². The lowest BCUT2D eigenvalue weighted by molar-refractivity contribution is -1.46. The van der Waals surface area contributed by atoms with Crippen molar-refractivity contribution in [1.29, 1.82) is 0 Å². The van der Waals surface area contributed by atoms with Crippen LogP contribution in [0.25, 0.3) is 0 Å². The van der Waals surface area contributed by atoms with Crippen LogP contribution in [0.3, 0.4) is 0 Å². The molecule has 164 valence electrons. The van der Waals surface area contributed by atoms with Gasteiger partial charge in [0.05, 0.1) is 0 Å². The maximum atomic E-state index is 13.0. The van der Waals surface area contributed by atoms with Gasteiger partial charge < -0.3 is 24.9 Å². The van der Waals surface area contributed by atoms with Crippen LogP contribution < -0.4 is 10.2 Å². The van der Waals surface area contributed by atoms with E-state index in [1.165, 1.54) is 0 Å². The Balaban J connectivity index is 2.36. The predicted octanol–water partition coefficient (Wildman–Crippen LogP) is 1.65. The van der Waals surface area contributed by atoms with E-state index in [-0.39, 0.29) is 38.9 Å². The average molecular weight is 426 g/mol. The first-order valence-corrected chi connectivity index (χ1v) is 10.3. The average Bonchev–Trinajstić information content (AvgIpc) is 2.75. The molecule has 0 saturated carbocycles. The number of aliphatic carboxylic acids is 1. The number of nitrogens with zero attached hydrogens (tertiary/aromatic N) is 2. The van der Waals surface area contributed by atoms with Crippen molar-refractivity contribution in [3.05, 3.63) is 71.8 Å². The van der Waals surface area contributed by atoms with Crippen LogP contribution in [0, 0.1) is 0 Å². The van der Waals surface area contributed by atoms with Gasteiger partial charge in [-0.15, -0.1) is 4.59 Å². The summed E-state index contributed by atoms with van der Waals surface area (Å²) in [5, 5.41) is 36.0. The first-order valence-electron chi connectivity index (χ1n) is 10.3. The van der Waals surface area contributed by atoms with Crippen molar-refractivity contribution in [3.63, 3.8) is 0 Å². The van der Waals surface area contributed by atoms with Crippen LogP contribution in [0.2, 0.25) is 0 Å². The minimum Gasteiger partial charge on any atom is -0.495 e. The van der Waals surface area contributed by atoms with E-state index in [1.54, 1.807) is 67.6 Å². The van der Waals surface area contributed by atoms with Crippen molar-refractivity contribution >= 4 is 18.2 Å². The molecule has 1 aliphatic rings. The fourth-order valence-electron chi connectivity index (χ4n) is 5.12. The first kappa shape index (κ1) is 22.5. The maximum absolute atomic E-state index is 13.0. The Morgan fingerprint density at radius 2 is 1.42 bits per heavy atom. The molecule has 1 aliphatic heterocycles. The van der Waals surface area contributed by atoms with E-state index in [1.807, 2.05) is 0 Å². The molecule has 0 radical (unpaired) electrons. The lowest BCUT2D eigenvalue weighted by Crippen LogP contribution is -2.89. The van der Waals surface area contributed by atoms with Gasteiger partial charge in [-0.1, -0.05) is 72.2 Å². The molecule has 3 atom stereocenters. The predicted molar refractivity (Wildman–Crippen MR) is 106 cm³/mol. The highest BCUT2D eigenvalue weighted by Crippen LogP contribution is 2.47. The van der Waals surface area contributed by atoms with Gasteiger partial charge in [-0.25, -0.2) is 4.79 Å². The van der Waals surface area contributed by atoms with E-state index in [0.29, 0.717) is 11.1 Å². The highest BCUT2D eigenvalue weighted by atomic mass is 16.5. The smallest absolute Gasteiger partial charge is 0.371 e. The quantitative estimate of drug-likeness (QED) is 0.702. The van der Waals surface area contributed by atoms with Crippen molar-refractivity contribution in [2.75, 3.05) is 6.54 Å². The molecule has 1 N–H and O–H groups in total. The molecule has 2 aromatic rings. The Morgan fingerprint density at radius 1 is 0.903 bits per heavy atom. The number of carbonyl (C=O) groups is 3. The van der Waals surface area contributed by atoms with Gasteiger partial charge in [0.1, 0.15) is 6.54 Å². The molecule has 3 rings (SSSR count). The molecule has 8 heteroatoms. The molecule has 2 amide bonds. The molecule has 0 bridgehead atoms. The van der Waals surface area contributed by atoms with E-state index in [9.17, 15) is 29.7 Å². The minimum atomic E-state index is -1.90. The normalized spacial score (nSPS) is 28.0. The first-order chi connectivity index (χ1) is 14.8. The number of amides is 2. The van der Waals surface area contributed by atoms with Crippen LogP contribution in [-0.4, -0.2) is 44.5 Å². The fourth-order valence-corrected chi connectivity index (χ4v) is 5.12. The van der Waals surface area contributed by atoms with Crippen molar-refractivity contribution in [2.45, 2.75) is 44.8 Å². The molecule has 0 aliphatic carbocycles. The van der Waals surface area contributed by atoms with Crippen molar-refractivity contribution < 1.29 is 38.9 Å². The van der Waals surface area contributed by atoms with Crippen LogP contribution in [0.5, 0.6) is 0 Å². The molecular formula is C23H26N2O6. The van der Waals surface area contributed by atoms with Gasteiger partial charge in [0, 0.05) is 30.4 Å². The van der Waals surface area contributed by atoms with Gasteiger partial charge in [-0.3, -0.25) is 0 Å². The third-order valence-corrected chi connectivity index (χ3v) is 6.65. The van der Waals surface area contributed by atoms with E-state index >= 15 is 0 Å². The summed E-state index contributed by atoms with van der Waals surface area (Å²) in [6, 6.07) is 17.1. The van der Waals surface area contributed by atoms with Crippen LogP contribution in [-0.2, 0) is 17.9 Å². The summed E-state index contributed by atoms with van der Waals surface area (Å²) < 4.78 is -2.40. The second kappa shape index (κ2) is 8.49. The van der Waals surface area contributed by atoms with Gasteiger partial charge in [-0.2, -0.15) is 0 Å². The van der Waals surface area contributed by atoms with Crippen LogP contribution in [0.4, 0.5) is 9.59 Å². The van der Waals surface area contributed by atoms with E-state index in [4.69, 9.17) is 0 Å². The molecule has 1 saturated heterocycles. The number of rotatable bonds is 6. The second-order valence-electron chi connectivity index (χ2n) is 8.03. The highest BCUT2D eigenvalue weighted by Gasteiger charge is 2.72. The summed E-state index contributed by atoms with van der Waals surface area (Å²) >= 11 is 0. The highest BCUT2D eigenvalue weighted by molar-refractivity contribution is 5.79. The van der Waals surface area contributed by atoms with E-state index in [0.717, 1.165) is 0 Å². The van der Waals surface area contributed by atoms with Gasteiger partial charge in [0.15, 0.2) is 13.1 Å². The molecule has 1 fully saturated rings. The van der Waals surface area contributed by atoms with Crippen molar-refractivity contribution in [3.8, 4) is 0 Å². The molecule has 0 spiro atoms. The Morgan fingerprint density at radius 3 is 1.84 bits per heavy atom. The summed E-state index contributed by atoms with van der Waals surface area (Å²) in [5.74, 6) is -1.35. The number of hydrogen-bond acceptors (Lipinski definition) is 5. The number of hydrogen-bond donors (Lipinski definition) is 1. The standard InChI is InChI=1S/C23H26N2O6/c1-2-23(20(26)27)14-9-15-24(21(28)29,16-18-10-5-3-6-11-18)25(23,22(30)31)17-19-12-7-4-8-13-19/h3-8,10-13H,2,9,14-17H2,1H3,(H-2,26,27,28,29,30,31)/t23?,24?,25-/m1/s1. The SMILES string of the molecule is CCC1(C(=O)O)CCC[N+](Cc2ccccc2)(C(=O)[O-])[N@+]1(Cc1ccccc1)C(=O)[O-]. The van der Waals surface area contributed by atoms with E-state index in [2.05, 4.69) is 0 Å². The van der Waals surface area contributed by atoms with Crippen LogP contribution in [0.1, 0.15) is 37.3 Å². The Hall–Kier alpha value is -3.23. The number of carboxylic acids is 1. The van der Waals surface area contributed by atoms with Crippen molar-refractivity contribution in [2.24, 2.45) is 0 Å². The number of carboxylic acid groups (broad SMARTS) is 3. The summed E-state index contributed by atoms with van der Waals surface area (Å²) in [6.45, 7) is 0.892. The number of quaternary nitrogens is 2. The molecule has 31 heavy (non-hydrogen) atoms. The maximum Gasteiger partial charge on any atom is 0.371 e. The summed E-state index contributed by atoms with van der Waals surface area (Å²) in [4.78, 5) is 38.4. The lowest BCUT2D eigenvalue weighted by atomic mass is 9.83. The largest absolute Gasteiger partial charge is 0.495 e. The zero-order valence-corrected chi connectivity index (χ0v) is 17.4. The minimum absolute atomic E-state index is 0.0156. The van der Waals surface area contributed by atoms with Gasteiger partial charge in [0.25, 0.3) is 0 Å². The molecule has 2 unspecified atom stereocenters. The Labute approximate surface area is 180 Å². The fraction of sp³-hybridized carbons (Fsp3) is 0.348. The summed E-state index contributed by atoms with van der Waals surface area (Å²) in [7, 11) is 0. The molecular weight excluding hydrogens is 400 g/mol. The number of carbonyl (C=O) groups excluding carboxylic acids is 2. The van der Waals surface area contributed by atoms with Crippen LogP contribution in [0.15, 0.2) is 60.7 Å². The topological polar surface area (TPSA) is 118 Å². The van der Waals surface area contributed by atoms with Crippen LogP contribution >= 0.6 is 0 Å². The third kappa shape index (κ3) is 3.37. The van der Waals surface area contributed by atoms with Gasteiger partial charge >= 0.3 is 18.2 Å². The Bertz CT molecular complexity index is 967.